The Morgan fingerprint density at radius 3 is 2.81 bits per heavy atom. The van der Waals surface area contributed by atoms with Crippen LogP contribution in [0.25, 0.3) is 0 Å². The predicted octanol–water partition coefficient (Wildman–Crippen LogP) is 0.825. The van der Waals surface area contributed by atoms with Crippen LogP contribution in [-0.4, -0.2) is 51.8 Å². The van der Waals surface area contributed by atoms with Gasteiger partial charge in [0.05, 0.1) is 12.5 Å². The second-order valence-corrected chi connectivity index (χ2v) is 6.36. The van der Waals surface area contributed by atoms with Gasteiger partial charge in [-0.1, -0.05) is 13.8 Å². The summed E-state index contributed by atoms with van der Waals surface area (Å²) in [7, 11) is 0. The zero-order chi connectivity index (χ0) is 19.6. The van der Waals surface area contributed by atoms with Gasteiger partial charge < -0.3 is 18.9 Å². The van der Waals surface area contributed by atoms with Crippen LogP contribution >= 0.6 is 0 Å². The Morgan fingerprint density at radius 2 is 2.15 bits per heavy atom. The molecule has 0 amide bonds. The second kappa shape index (κ2) is 7.92. The van der Waals surface area contributed by atoms with Crippen LogP contribution in [0.4, 0.5) is 10.6 Å². The van der Waals surface area contributed by atoms with Crippen molar-refractivity contribution >= 4 is 17.9 Å². The third kappa shape index (κ3) is 3.88. The van der Waals surface area contributed by atoms with E-state index < -0.39 is 36.4 Å². The van der Waals surface area contributed by atoms with Crippen molar-refractivity contribution in [3.63, 3.8) is 0 Å². The maximum absolute atomic E-state index is 12.1. The molecule has 148 valence electrons. The number of hydrogen-bond acceptors (Lipinski definition) is 10. The molecule has 2 aliphatic rings. The normalized spacial score (nSPS) is 27.4. The van der Waals surface area contributed by atoms with Crippen LogP contribution in [-0.2, 0) is 23.7 Å². The van der Waals surface area contributed by atoms with Crippen LogP contribution in [0.3, 0.4) is 0 Å². The van der Waals surface area contributed by atoms with Crippen LogP contribution in [0, 0.1) is 5.92 Å². The molecule has 2 N–H and O–H groups in total. The Bertz CT molecular complexity index is 766. The summed E-state index contributed by atoms with van der Waals surface area (Å²) in [5.41, 5.74) is 1.07. The maximum atomic E-state index is 12.1. The Labute approximate surface area is 154 Å². The second-order valence-electron chi connectivity index (χ2n) is 6.36. The minimum absolute atomic E-state index is 0.0287. The number of ether oxygens (including phenoxy) is 4. The van der Waals surface area contributed by atoms with Gasteiger partial charge in [0.1, 0.15) is 6.10 Å². The van der Waals surface area contributed by atoms with Crippen molar-refractivity contribution in [2.75, 3.05) is 12.1 Å². The minimum Gasteiger partial charge on any atom is -0.465 e. The van der Waals surface area contributed by atoms with E-state index in [1.807, 2.05) is 6.92 Å². The summed E-state index contributed by atoms with van der Waals surface area (Å²) in [6.45, 7) is 3.75. The number of anilines is 1. The van der Waals surface area contributed by atoms with Crippen LogP contribution in [0.5, 0.6) is 0 Å². The number of rotatable bonds is 7. The SMILES string of the molecule is CC[C@@H](C)C(=O)OCC[C@H]1O[C@@H](n2ccc(NO)nc2=O)[C@@H]2OC(=O)O[C@@H]21. The van der Waals surface area contributed by atoms with E-state index in [2.05, 4.69) is 4.98 Å². The molecule has 0 saturated carbocycles. The molecule has 0 radical (unpaired) electrons. The lowest BCUT2D eigenvalue weighted by atomic mass is 10.1. The molecule has 11 nitrogen and oxygen atoms in total. The molecule has 0 aromatic carbocycles. The summed E-state index contributed by atoms with van der Waals surface area (Å²) in [4.78, 5) is 39.1. The average Bonchev–Trinajstić information content (AvgIpc) is 3.19. The van der Waals surface area contributed by atoms with Gasteiger partial charge in [-0.3, -0.25) is 20.0 Å². The van der Waals surface area contributed by atoms with Crippen molar-refractivity contribution in [1.82, 2.24) is 9.55 Å². The van der Waals surface area contributed by atoms with Crippen molar-refractivity contribution in [2.24, 2.45) is 5.92 Å². The van der Waals surface area contributed by atoms with Crippen LogP contribution in [0.1, 0.15) is 32.9 Å². The molecule has 2 aliphatic heterocycles. The number of fused-ring (bicyclic) bond motifs is 1. The lowest BCUT2D eigenvalue weighted by Crippen LogP contribution is -2.34. The van der Waals surface area contributed by atoms with Crippen molar-refractivity contribution in [3.8, 4) is 0 Å². The van der Waals surface area contributed by atoms with Gasteiger partial charge in [-0.2, -0.15) is 4.98 Å². The fraction of sp³-hybridized carbons (Fsp3) is 0.625. The van der Waals surface area contributed by atoms with Crippen molar-refractivity contribution in [2.45, 2.75) is 51.2 Å². The van der Waals surface area contributed by atoms with E-state index in [1.54, 1.807) is 12.4 Å². The van der Waals surface area contributed by atoms with Gasteiger partial charge in [0.25, 0.3) is 0 Å². The minimum atomic E-state index is -0.940. The summed E-state index contributed by atoms with van der Waals surface area (Å²) in [5, 5.41) is 8.82. The molecule has 2 saturated heterocycles. The highest BCUT2D eigenvalue weighted by Gasteiger charge is 2.55. The number of nitrogens with zero attached hydrogens (tertiary/aromatic N) is 2. The zero-order valence-corrected chi connectivity index (χ0v) is 14.9. The standard InChI is InChI=1S/C16H21N3O8/c1-3-8(2)14(20)24-7-5-9-11-12(27-16(22)26-11)13(25-9)19-6-4-10(18-23)17-15(19)21/h4,6,8-9,11-13,23H,3,5,7H2,1-2H3,(H,17,18,21)/t8-,9-,11-,12-,13-/m1/s1. The highest BCUT2D eigenvalue weighted by molar-refractivity contribution is 5.71. The number of carbonyl (C=O) groups is 2. The quantitative estimate of drug-likeness (QED) is 0.514. The largest absolute Gasteiger partial charge is 0.509 e. The van der Waals surface area contributed by atoms with E-state index in [-0.39, 0.29) is 30.7 Å². The van der Waals surface area contributed by atoms with Gasteiger partial charge in [-0.15, -0.1) is 0 Å². The monoisotopic (exact) mass is 383 g/mol. The zero-order valence-electron chi connectivity index (χ0n) is 14.9. The molecular formula is C16H21N3O8. The summed E-state index contributed by atoms with van der Waals surface area (Å²) in [5.74, 6) is -0.541. The highest BCUT2D eigenvalue weighted by Crippen LogP contribution is 2.38. The highest BCUT2D eigenvalue weighted by atomic mass is 16.8. The lowest BCUT2D eigenvalue weighted by molar-refractivity contribution is -0.149. The van der Waals surface area contributed by atoms with E-state index in [0.717, 1.165) is 4.57 Å². The van der Waals surface area contributed by atoms with Crippen LogP contribution < -0.4 is 11.2 Å². The molecule has 0 unspecified atom stereocenters. The van der Waals surface area contributed by atoms with E-state index in [1.165, 1.54) is 12.3 Å². The van der Waals surface area contributed by atoms with Gasteiger partial charge >= 0.3 is 17.8 Å². The van der Waals surface area contributed by atoms with Crippen molar-refractivity contribution < 1.29 is 33.7 Å². The number of hydrogen-bond donors (Lipinski definition) is 2. The lowest BCUT2D eigenvalue weighted by Gasteiger charge is -2.18. The molecule has 0 bridgehead atoms. The predicted molar refractivity (Wildman–Crippen MR) is 88.0 cm³/mol. The first kappa shape index (κ1) is 19.1. The summed E-state index contributed by atoms with van der Waals surface area (Å²) >= 11 is 0. The molecule has 1 aromatic heterocycles. The molecule has 3 rings (SSSR count). The first-order valence-electron chi connectivity index (χ1n) is 8.63. The fourth-order valence-electron chi connectivity index (χ4n) is 2.94. The Morgan fingerprint density at radius 1 is 1.41 bits per heavy atom. The van der Waals surface area contributed by atoms with Crippen LogP contribution in [0.15, 0.2) is 17.1 Å². The number of carbonyl (C=O) groups excluding carboxylic acids is 2. The van der Waals surface area contributed by atoms with Gasteiger partial charge in [-0.05, 0) is 12.5 Å². The van der Waals surface area contributed by atoms with Gasteiger partial charge in [0.2, 0.25) is 0 Å². The molecular weight excluding hydrogens is 362 g/mol. The third-order valence-corrected chi connectivity index (χ3v) is 4.63. The van der Waals surface area contributed by atoms with Gasteiger partial charge in [-0.25, -0.2) is 9.59 Å². The fourth-order valence-corrected chi connectivity index (χ4v) is 2.94. The Kier molecular flexibility index (Phi) is 5.61. The van der Waals surface area contributed by atoms with Crippen LogP contribution in [0.2, 0.25) is 0 Å². The average molecular weight is 383 g/mol. The number of nitrogens with one attached hydrogen (secondary N) is 1. The Balaban J connectivity index is 1.70. The molecule has 27 heavy (non-hydrogen) atoms. The number of aromatic nitrogens is 2. The first-order chi connectivity index (χ1) is 12.9. The summed E-state index contributed by atoms with van der Waals surface area (Å²) < 4.78 is 22.5. The number of esters is 1. The summed E-state index contributed by atoms with van der Waals surface area (Å²) in [6.07, 6.45) is -1.67. The molecule has 5 atom stereocenters. The first-order valence-corrected chi connectivity index (χ1v) is 8.63. The molecule has 2 fully saturated rings. The molecule has 0 aliphatic carbocycles. The molecule has 3 heterocycles. The third-order valence-electron chi connectivity index (χ3n) is 4.63. The molecule has 11 heteroatoms. The van der Waals surface area contributed by atoms with E-state index in [4.69, 9.17) is 24.2 Å². The van der Waals surface area contributed by atoms with Gasteiger partial charge in [0.15, 0.2) is 24.3 Å². The molecule has 1 aromatic rings. The maximum Gasteiger partial charge on any atom is 0.509 e. The Hall–Kier alpha value is -2.66. The van der Waals surface area contributed by atoms with Crippen molar-refractivity contribution in [3.05, 3.63) is 22.7 Å². The van der Waals surface area contributed by atoms with E-state index in [0.29, 0.717) is 6.42 Å². The van der Waals surface area contributed by atoms with E-state index in [9.17, 15) is 14.4 Å². The summed E-state index contributed by atoms with van der Waals surface area (Å²) in [6, 6.07) is 1.36. The van der Waals surface area contributed by atoms with Crippen molar-refractivity contribution in [1.29, 1.82) is 0 Å². The topological polar surface area (TPSA) is 138 Å². The van der Waals surface area contributed by atoms with E-state index >= 15 is 0 Å². The smallest absolute Gasteiger partial charge is 0.465 e. The molecule has 0 spiro atoms. The van der Waals surface area contributed by atoms with Gasteiger partial charge in [0, 0.05) is 12.6 Å².